The number of nitrogens with zero attached hydrogens (tertiary/aromatic N) is 4. The largest absolute Gasteiger partial charge is 0.493 e. The second kappa shape index (κ2) is 8.02. The number of ether oxygens (including phenoxy) is 1. The van der Waals surface area contributed by atoms with Gasteiger partial charge in [0.05, 0.1) is 31.6 Å². The second-order valence-corrected chi connectivity index (χ2v) is 8.52. The molecule has 0 spiro atoms. The van der Waals surface area contributed by atoms with Gasteiger partial charge in [-0.15, -0.1) is 0 Å². The van der Waals surface area contributed by atoms with Crippen molar-refractivity contribution >= 4 is 16.9 Å². The highest BCUT2D eigenvalue weighted by molar-refractivity contribution is 5.97. The molecule has 0 bridgehead atoms. The summed E-state index contributed by atoms with van der Waals surface area (Å²) >= 11 is 0. The topological polar surface area (TPSA) is 82.5 Å². The number of aromatic nitrogens is 3. The lowest BCUT2D eigenvalue weighted by molar-refractivity contribution is 0.0745. The molecule has 35 heavy (non-hydrogen) atoms. The first-order chi connectivity index (χ1) is 17.0. The highest BCUT2D eigenvalue weighted by Gasteiger charge is 2.33. The van der Waals surface area contributed by atoms with Crippen molar-refractivity contribution in [2.75, 3.05) is 7.11 Å². The number of rotatable bonds is 4. The van der Waals surface area contributed by atoms with Gasteiger partial charge in [0.25, 0.3) is 5.91 Å². The average molecular weight is 466 g/mol. The highest BCUT2D eigenvalue weighted by atomic mass is 16.5. The fourth-order valence-corrected chi connectivity index (χ4v) is 4.65. The van der Waals surface area contributed by atoms with Crippen molar-refractivity contribution in [2.45, 2.75) is 20.0 Å². The third-order valence-electron chi connectivity index (χ3n) is 6.38. The summed E-state index contributed by atoms with van der Waals surface area (Å²) in [5, 5.41) is 5.51. The molecule has 8 nitrogen and oxygen atoms in total. The summed E-state index contributed by atoms with van der Waals surface area (Å²) in [6.07, 6.45) is 3.92. The summed E-state index contributed by atoms with van der Waals surface area (Å²) in [7, 11) is 1.51. The minimum absolute atomic E-state index is 0.00907. The molecule has 0 atom stereocenters. The first-order valence-corrected chi connectivity index (χ1v) is 11.3. The Hall–Kier alpha value is -4.59. The van der Waals surface area contributed by atoms with Gasteiger partial charge in [-0.2, -0.15) is 5.10 Å². The van der Waals surface area contributed by atoms with Gasteiger partial charge in [0.15, 0.2) is 11.3 Å². The Bertz CT molecular complexity index is 1650. The highest BCUT2D eigenvalue weighted by Crippen LogP contribution is 2.32. The Kier molecular flexibility index (Phi) is 4.81. The number of benzene rings is 2. The van der Waals surface area contributed by atoms with Crippen molar-refractivity contribution in [3.63, 3.8) is 0 Å². The smallest absolute Gasteiger partial charge is 0.349 e. The predicted molar refractivity (Wildman–Crippen MR) is 130 cm³/mol. The number of para-hydroxylation sites is 2. The first kappa shape index (κ1) is 21.0. The van der Waals surface area contributed by atoms with Crippen LogP contribution in [-0.4, -0.2) is 32.3 Å². The molecule has 5 aromatic rings. The molecule has 0 N–H and O–H groups in total. The third-order valence-corrected chi connectivity index (χ3v) is 6.38. The molecule has 2 aromatic carbocycles. The zero-order valence-corrected chi connectivity index (χ0v) is 19.3. The van der Waals surface area contributed by atoms with E-state index >= 15 is 0 Å². The normalized spacial score (nSPS) is 12.8. The van der Waals surface area contributed by atoms with Crippen molar-refractivity contribution in [1.29, 1.82) is 0 Å². The van der Waals surface area contributed by atoms with Crippen molar-refractivity contribution < 1.29 is 13.9 Å². The van der Waals surface area contributed by atoms with Crippen LogP contribution < -0.4 is 10.4 Å². The number of methoxy groups -OCH3 is 1. The number of amides is 1. The van der Waals surface area contributed by atoms with E-state index in [1.54, 1.807) is 29.2 Å². The van der Waals surface area contributed by atoms with Gasteiger partial charge in [0, 0.05) is 23.3 Å². The van der Waals surface area contributed by atoms with Crippen LogP contribution in [0.3, 0.4) is 0 Å². The molecule has 0 fully saturated rings. The Morgan fingerprint density at radius 1 is 1.03 bits per heavy atom. The average Bonchev–Trinajstić information content (AvgIpc) is 3.59. The van der Waals surface area contributed by atoms with Crippen LogP contribution in [0.5, 0.6) is 5.75 Å². The number of fused-ring (bicyclic) bond motifs is 2. The Balaban J connectivity index is 1.40. The third kappa shape index (κ3) is 3.33. The van der Waals surface area contributed by atoms with Gasteiger partial charge in [-0.1, -0.05) is 30.3 Å². The van der Waals surface area contributed by atoms with Crippen LogP contribution in [0.2, 0.25) is 0 Å². The lowest BCUT2D eigenvalue weighted by Gasteiger charge is -2.18. The molecule has 0 radical (unpaired) electrons. The van der Waals surface area contributed by atoms with Gasteiger partial charge in [0.1, 0.15) is 11.4 Å². The number of aryl methyl sites for hydroxylation is 1. The van der Waals surface area contributed by atoms with Crippen LogP contribution in [0.25, 0.3) is 22.5 Å². The van der Waals surface area contributed by atoms with E-state index in [0.29, 0.717) is 29.8 Å². The van der Waals surface area contributed by atoms with Crippen LogP contribution in [0.1, 0.15) is 27.2 Å². The molecule has 1 aliphatic rings. The van der Waals surface area contributed by atoms with E-state index in [1.807, 2.05) is 65.0 Å². The fraction of sp³-hybridized carbons (Fsp3) is 0.148. The summed E-state index contributed by atoms with van der Waals surface area (Å²) in [5.41, 5.74) is 3.46. The molecular weight excluding hydrogens is 444 g/mol. The van der Waals surface area contributed by atoms with Gasteiger partial charge in [-0.3, -0.25) is 4.79 Å². The Labute approximate surface area is 200 Å². The molecule has 8 heteroatoms. The van der Waals surface area contributed by atoms with Crippen LogP contribution in [-0.2, 0) is 13.1 Å². The molecule has 174 valence electrons. The number of hydrogen-bond donors (Lipinski definition) is 0. The minimum atomic E-state index is -0.688. The van der Waals surface area contributed by atoms with Crippen LogP contribution >= 0.6 is 0 Å². The van der Waals surface area contributed by atoms with Crippen molar-refractivity contribution in [2.24, 2.45) is 0 Å². The van der Waals surface area contributed by atoms with E-state index in [2.05, 4.69) is 0 Å². The Morgan fingerprint density at radius 3 is 2.60 bits per heavy atom. The maximum atomic E-state index is 13.4. The molecule has 0 aliphatic carbocycles. The molecule has 1 aliphatic heterocycles. The van der Waals surface area contributed by atoms with Crippen LogP contribution in [0.4, 0.5) is 0 Å². The van der Waals surface area contributed by atoms with E-state index in [4.69, 9.17) is 14.3 Å². The maximum Gasteiger partial charge on any atom is 0.349 e. The Morgan fingerprint density at radius 2 is 1.83 bits per heavy atom. The molecule has 0 saturated carbocycles. The van der Waals surface area contributed by atoms with E-state index in [0.717, 1.165) is 28.3 Å². The first-order valence-electron chi connectivity index (χ1n) is 11.3. The quantitative estimate of drug-likeness (QED) is 0.370. The summed E-state index contributed by atoms with van der Waals surface area (Å²) in [6.45, 7) is 2.69. The standard InChI is InChI=1S/C27H22N4O4/c1-17-8-3-4-10-22(17)31-25(29-12-5-6-13-29)20-15-30(16-21(20)28-31)26(32)19-14-18-9-7-11-23(34-2)24(18)35-27(19)33/h3-14H,15-16H2,1-2H3. The molecule has 1 amide bonds. The number of hydrogen-bond acceptors (Lipinski definition) is 5. The zero-order valence-electron chi connectivity index (χ0n) is 19.3. The minimum Gasteiger partial charge on any atom is -0.493 e. The fourth-order valence-electron chi connectivity index (χ4n) is 4.65. The SMILES string of the molecule is COc1cccc2cc(C(=O)N3Cc4nn(-c5ccccc5C)c(-n5cccc5)c4C3)c(=O)oc12. The lowest BCUT2D eigenvalue weighted by Crippen LogP contribution is -2.30. The molecule has 3 aromatic heterocycles. The lowest BCUT2D eigenvalue weighted by atomic mass is 10.1. The van der Waals surface area contributed by atoms with Gasteiger partial charge in [-0.25, -0.2) is 9.48 Å². The monoisotopic (exact) mass is 466 g/mol. The molecule has 4 heterocycles. The summed E-state index contributed by atoms with van der Waals surface area (Å²) in [4.78, 5) is 27.8. The summed E-state index contributed by atoms with van der Waals surface area (Å²) < 4.78 is 14.7. The zero-order chi connectivity index (χ0) is 24.1. The molecule has 6 rings (SSSR count). The van der Waals surface area contributed by atoms with E-state index in [-0.39, 0.29) is 11.5 Å². The van der Waals surface area contributed by atoms with Crippen molar-refractivity contribution in [3.05, 3.63) is 106 Å². The van der Waals surface area contributed by atoms with Crippen molar-refractivity contribution in [1.82, 2.24) is 19.2 Å². The molecule has 0 saturated heterocycles. The van der Waals surface area contributed by atoms with E-state index in [1.165, 1.54) is 7.11 Å². The van der Waals surface area contributed by atoms with E-state index in [9.17, 15) is 9.59 Å². The van der Waals surface area contributed by atoms with Crippen molar-refractivity contribution in [3.8, 4) is 17.3 Å². The van der Waals surface area contributed by atoms with E-state index < -0.39 is 5.63 Å². The second-order valence-electron chi connectivity index (χ2n) is 8.52. The number of carbonyl (C=O) groups excluding carboxylic acids is 1. The van der Waals surface area contributed by atoms with Crippen LogP contribution in [0, 0.1) is 6.92 Å². The summed E-state index contributed by atoms with van der Waals surface area (Å²) in [6, 6.07) is 18.8. The maximum absolute atomic E-state index is 13.4. The summed E-state index contributed by atoms with van der Waals surface area (Å²) in [5.74, 6) is 0.939. The van der Waals surface area contributed by atoms with Gasteiger partial charge >= 0.3 is 5.63 Å². The molecular formula is C27H22N4O4. The number of carbonyl (C=O) groups is 1. The van der Waals surface area contributed by atoms with Gasteiger partial charge < -0.3 is 18.6 Å². The van der Waals surface area contributed by atoms with Gasteiger partial charge in [0.2, 0.25) is 0 Å². The molecule has 0 unspecified atom stereocenters. The van der Waals surface area contributed by atoms with Crippen LogP contribution in [0.15, 0.2) is 82.3 Å². The van der Waals surface area contributed by atoms with Gasteiger partial charge in [-0.05, 0) is 42.8 Å². The predicted octanol–water partition coefficient (Wildman–Crippen LogP) is 4.24.